The highest BCUT2D eigenvalue weighted by atomic mass is 32.1. The largest absolute Gasteiger partial charge is 0.490 e. The molecule has 0 radical (unpaired) electrons. The molecule has 0 aliphatic heterocycles. The van der Waals surface area contributed by atoms with Gasteiger partial charge in [0.2, 0.25) is 0 Å². The zero-order valence-corrected chi connectivity index (χ0v) is 12.5. The number of benzene rings is 1. The lowest BCUT2D eigenvalue weighted by Gasteiger charge is -2.12. The monoisotopic (exact) mass is 314 g/mol. The van der Waals surface area contributed by atoms with E-state index in [1.165, 1.54) is 17.4 Å². The van der Waals surface area contributed by atoms with E-state index in [4.69, 9.17) is 10.5 Å². The van der Waals surface area contributed by atoms with Gasteiger partial charge in [0.15, 0.2) is 11.5 Å². The van der Waals surface area contributed by atoms with Crippen LogP contribution in [0.1, 0.15) is 18.9 Å². The van der Waals surface area contributed by atoms with E-state index in [-0.39, 0.29) is 11.5 Å². The molecule has 21 heavy (non-hydrogen) atoms. The Kier molecular flexibility index (Phi) is 4.95. The molecular formula is C14H16F2N2O2S. The first-order chi connectivity index (χ1) is 10.0. The van der Waals surface area contributed by atoms with Crippen LogP contribution in [0.2, 0.25) is 0 Å². The summed E-state index contributed by atoms with van der Waals surface area (Å²) in [5.41, 5.74) is 7.31. The number of hydrogen-bond acceptors (Lipinski definition) is 5. The van der Waals surface area contributed by atoms with Gasteiger partial charge in [-0.25, -0.2) is 4.98 Å². The molecule has 4 nitrogen and oxygen atoms in total. The number of halogens is 2. The van der Waals surface area contributed by atoms with Crippen molar-refractivity contribution in [1.29, 1.82) is 0 Å². The Morgan fingerprint density at radius 1 is 1.29 bits per heavy atom. The molecule has 0 spiro atoms. The quantitative estimate of drug-likeness (QED) is 0.877. The lowest BCUT2D eigenvalue weighted by Crippen LogP contribution is -2.04. The summed E-state index contributed by atoms with van der Waals surface area (Å²) < 4.78 is 34.5. The third kappa shape index (κ3) is 3.60. The number of aryl methyl sites for hydroxylation is 1. The molecule has 0 fully saturated rings. The van der Waals surface area contributed by atoms with Gasteiger partial charge in [0.05, 0.1) is 11.6 Å². The van der Waals surface area contributed by atoms with Crippen molar-refractivity contribution in [3.63, 3.8) is 0 Å². The van der Waals surface area contributed by atoms with Gasteiger partial charge in [-0.1, -0.05) is 6.92 Å². The maximum Gasteiger partial charge on any atom is 0.387 e. The average molecular weight is 314 g/mol. The number of aromatic nitrogens is 1. The van der Waals surface area contributed by atoms with Crippen molar-refractivity contribution in [3.05, 3.63) is 23.2 Å². The number of alkyl halides is 2. The van der Waals surface area contributed by atoms with Gasteiger partial charge in [-0.3, -0.25) is 0 Å². The van der Waals surface area contributed by atoms with Crippen molar-refractivity contribution < 1.29 is 18.3 Å². The van der Waals surface area contributed by atoms with Crippen LogP contribution < -0.4 is 15.2 Å². The van der Waals surface area contributed by atoms with Crippen molar-refractivity contribution in [2.24, 2.45) is 0 Å². The van der Waals surface area contributed by atoms with E-state index in [9.17, 15) is 8.78 Å². The summed E-state index contributed by atoms with van der Waals surface area (Å²) in [4.78, 5) is 4.44. The van der Waals surface area contributed by atoms with Crippen LogP contribution in [0.15, 0.2) is 18.2 Å². The third-order valence-corrected chi connectivity index (χ3v) is 3.76. The fourth-order valence-electron chi connectivity index (χ4n) is 1.85. The van der Waals surface area contributed by atoms with Crippen LogP contribution in [0.25, 0.3) is 11.3 Å². The van der Waals surface area contributed by atoms with E-state index in [1.54, 1.807) is 19.1 Å². The molecule has 1 heterocycles. The third-order valence-electron chi connectivity index (χ3n) is 2.73. The van der Waals surface area contributed by atoms with Gasteiger partial charge in [-0.15, -0.1) is 11.3 Å². The van der Waals surface area contributed by atoms with E-state index in [1.807, 2.05) is 6.92 Å². The summed E-state index contributed by atoms with van der Waals surface area (Å²) >= 11 is 1.42. The number of anilines is 1. The van der Waals surface area contributed by atoms with Crippen molar-refractivity contribution in [2.75, 3.05) is 12.3 Å². The number of hydrogen-bond donors (Lipinski definition) is 1. The van der Waals surface area contributed by atoms with E-state index < -0.39 is 6.61 Å². The summed E-state index contributed by atoms with van der Waals surface area (Å²) in [7, 11) is 0. The Morgan fingerprint density at radius 2 is 2.05 bits per heavy atom. The zero-order chi connectivity index (χ0) is 15.4. The Bertz CT molecular complexity index is 617. The lowest BCUT2D eigenvalue weighted by molar-refractivity contribution is -0.0514. The lowest BCUT2D eigenvalue weighted by atomic mass is 10.1. The van der Waals surface area contributed by atoms with Gasteiger partial charge in [-0.2, -0.15) is 8.78 Å². The number of thiazole rings is 1. The second-order valence-corrected chi connectivity index (χ2v) is 5.26. The number of nitrogens with two attached hydrogens (primary N) is 1. The van der Waals surface area contributed by atoms with Gasteiger partial charge in [0, 0.05) is 5.56 Å². The minimum Gasteiger partial charge on any atom is -0.490 e. The molecule has 114 valence electrons. The highest BCUT2D eigenvalue weighted by molar-refractivity contribution is 7.16. The van der Waals surface area contributed by atoms with Gasteiger partial charge in [0.1, 0.15) is 10.7 Å². The standard InChI is InChI=1S/C14H16F2N2O2S/c1-3-11-18-12(13(17)21-11)8-5-6-9(20-14(15)16)10(7-8)19-4-2/h5-7,14H,3-4,17H2,1-2H3. The highest BCUT2D eigenvalue weighted by Crippen LogP contribution is 2.37. The molecule has 0 amide bonds. The molecule has 2 N–H and O–H groups in total. The summed E-state index contributed by atoms with van der Waals surface area (Å²) in [5, 5.41) is 1.52. The Hall–Kier alpha value is -1.89. The van der Waals surface area contributed by atoms with E-state index >= 15 is 0 Å². The molecule has 0 atom stereocenters. The fraction of sp³-hybridized carbons (Fsp3) is 0.357. The molecule has 1 aromatic heterocycles. The number of ether oxygens (including phenoxy) is 2. The molecule has 0 saturated carbocycles. The van der Waals surface area contributed by atoms with Crippen LogP contribution in [0.4, 0.5) is 13.8 Å². The first-order valence-corrected chi connectivity index (χ1v) is 7.34. The molecule has 0 bridgehead atoms. The summed E-state index contributed by atoms with van der Waals surface area (Å²) in [6, 6.07) is 4.70. The molecule has 0 aliphatic rings. The summed E-state index contributed by atoms with van der Waals surface area (Å²) in [6.45, 7) is 1.21. The molecule has 0 unspecified atom stereocenters. The van der Waals surface area contributed by atoms with E-state index in [0.29, 0.717) is 22.9 Å². The maximum absolute atomic E-state index is 12.4. The Labute approximate surface area is 125 Å². The minimum atomic E-state index is -2.90. The van der Waals surface area contributed by atoms with Crippen LogP contribution in [0.3, 0.4) is 0 Å². The normalized spacial score (nSPS) is 10.9. The molecule has 0 aliphatic carbocycles. The van der Waals surface area contributed by atoms with Gasteiger partial charge < -0.3 is 15.2 Å². The van der Waals surface area contributed by atoms with Crippen molar-refractivity contribution in [2.45, 2.75) is 26.9 Å². The first-order valence-electron chi connectivity index (χ1n) is 6.52. The first kappa shape index (κ1) is 15.5. The van der Waals surface area contributed by atoms with Gasteiger partial charge in [0.25, 0.3) is 0 Å². The second kappa shape index (κ2) is 6.71. The van der Waals surface area contributed by atoms with Crippen molar-refractivity contribution in [1.82, 2.24) is 4.98 Å². The predicted octanol–water partition coefficient (Wildman–Crippen LogP) is 3.95. The SMILES string of the molecule is CCOc1cc(-c2nc(CC)sc2N)ccc1OC(F)F. The van der Waals surface area contributed by atoms with Gasteiger partial charge >= 0.3 is 6.61 Å². The average Bonchev–Trinajstić information content (AvgIpc) is 2.82. The molecule has 0 saturated heterocycles. The van der Waals surface area contributed by atoms with Crippen LogP contribution in [-0.2, 0) is 6.42 Å². The second-order valence-electron chi connectivity index (χ2n) is 4.15. The zero-order valence-electron chi connectivity index (χ0n) is 11.7. The summed E-state index contributed by atoms with van der Waals surface area (Å²) in [6.07, 6.45) is 0.791. The summed E-state index contributed by atoms with van der Waals surface area (Å²) in [5.74, 6) is 0.251. The number of rotatable bonds is 6. The Morgan fingerprint density at radius 3 is 2.62 bits per heavy atom. The van der Waals surface area contributed by atoms with Crippen LogP contribution >= 0.6 is 11.3 Å². The maximum atomic E-state index is 12.4. The fourth-order valence-corrected chi connectivity index (χ4v) is 2.65. The topological polar surface area (TPSA) is 57.4 Å². The number of nitrogens with zero attached hydrogens (tertiary/aromatic N) is 1. The smallest absolute Gasteiger partial charge is 0.387 e. The van der Waals surface area contributed by atoms with E-state index in [0.717, 1.165) is 11.4 Å². The molecule has 2 aromatic rings. The minimum absolute atomic E-state index is 0.000107. The van der Waals surface area contributed by atoms with Crippen LogP contribution in [0, 0.1) is 0 Å². The number of nitrogen functional groups attached to an aromatic ring is 1. The van der Waals surface area contributed by atoms with Crippen LogP contribution in [-0.4, -0.2) is 18.2 Å². The molecule has 7 heteroatoms. The van der Waals surface area contributed by atoms with Gasteiger partial charge in [-0.05, 0) is 31.5 Å². The van der Waals surface area contributed by atoms with Crippen molar-refractivity contribution in [3.8, 4) is 22.8 Å². The van der Waals surface area contributed by atoms with Crippen molar-refractivity contribution >= 4 is 16.3 Å². The van der Waals surface area contributed by atoms with E-state index in [2.05, 4.69) is 9.72 Å². The van der Waals surface area contributed by atoms with Crippen LogP contribution in [0.5, 0.6) is 11.5 Å². The Balaban J connectivity index is 2.40. The highest BCUT2D eigenvalue weighted by Gasteiger charge is 2.15. The predicted molar refractivity (Wildman–Crippen MR) is 79.1 cm³/mol. The molecule has 2 rings (SSSR count). The molecule has 1 aromatic carbocycles. The molecular weight excluding hydrogens is 298 g/mol.